The molecular weight excluding hydrogens is 377 g/mol. The van der Waals surface area contributed by atoms with Crippen LogP contribution in [-0.4, -0.2) is 19.2 Å². The second-order valence-corrected chi connectivity index (χ2v) is 7.70. The summed E-state index contributed by atoms with van der Waals surface area (Å²) in [6.07, 6.45) is 6.29. The summed E-state index contributed by atoms with van der Waals surface area (Å²) in [6.45, 7) is 0. The average molecular weight is 396 g/mol. The zero-order chi connectivity index (χ0) is 19.3. The van der Waals surface area contributed by atoms with Gasteiger partial charge in [0.05, 0.1) is 11.2 Å². The highest BCUT2D eigenvalue weighted by molar-refractivity contribution is 6.30. The lowest BCUT2D eigenvalue weighted by Crippen LogP contribution is -2.04. The molecule has 0 radical (unpaired) electrons. The minimum absolute atomic E-state index is 0.146. The Bertz CT molecular complexity index is 1160. The first-order chi connectivity index (χ1) is 13.6. The molecule has 0 spiro atoms. The summed E-state index contributed by atoms with van der Waals surface area (Å²) in [5.41, 5.74) is 2.38. The quantitative estimate of drug-likeness (QED) is 0.455. The number of hydrogen-bond acceptors (Lipinski definition) is 2. The molecule has 0 atom stereocenters. The molecular formula is C22H19ClFN3O. The highest BCUT2D eigenvalue weighted by atomic mass is 35.5. The van der Waals surface area contributed by atoms with Crippen molar-refractivity contribution in [3.8, 4) is 23.0 Å². The second-order valence-electron chi connectivity index (χ2n) is 7.26. The summed E-state index contributed by atoms with van der Waals surface area (Å²) in [5, 5.41) is 11.5. The van der Waals surface area contributed by atoms with Crippen molar-refractivity contribution in [3.05, 3.63) is 65.6 Å². The van der Waals surface area contributed by atoms with Crippen LogP contribution in [0.1, 0.15) is 31.7 Å². The monoisotopic (exact) mass is 395 g/mol. The fraction of sp³-hybridized carbons (Fsp3) is 0.227. The third-order valence-corrected chi connectivity index (χ3v) is 5.80. The van der Waals surface area contributed by atoms with Gasteiger partial charge in [0.15, 0.2) is 5.52 Å². The first kappa shape index (κ1) is 17.3. The molecule has 0 unspecified atom stereocenters. The van der Waals surface area contributed by atoms with Gasteiger partial charge in [0.25, 0.3) is 0 Å². The SMILES string of the molecule is Oc1c2nc(-c3ccc(Cl)cc3)n(-c3ccccc3F)c2cn1C1CCCC1. The van der Waals surface area contributed by atoms with Crippen LogP contribution in [0.15, 0.2) is 54.7 Å². The molecule has 1 aliphatic rings. The number of benzene rings is 2. The third-order valence-electron chi connectivity index (χ3n) is 5.54. The molecule has 6 heteroatoms. The molecule has 2 aromatic carbocycles. The Morgan fingerprint density at radius 2 is 1.75 bits per heavy atom. The van der Waals surface area contributed by atoms with Gasteiger partial charge in [-0.05, 0) is 49.2 Å². The van der Waals surface area contributed by atoms with E-state index in [0.29, 0.717) is 27.6 Å². The maximum atomic E-state index is 14.7. The Labute approximate surface area is 166 Å². The smallest absolute Gasteiger partial charge is 0.220 e. The van der Waals surface area contributed by atoms with Gasteiger partial charge < -0.3 is 9.67 Å². The summed E-state index contributed by atoms with van der Waals surface area (Å²) in [7, 11) is 0. The molecule has 2 aromatic heterocycles. The standard InChI is InChI=1S/C22H19ClFN3O/c23-15-11-9-14(10-12-15)21-25-20-19(27(21)18-8-4-3-7-17(18)24)13-26(22(20)28)16-5-1-2-6-16/h3-4,7-13,16,28H,1-2,5-6H2. The number of aromatic nitrogens is 3. The van der Waals surface area contributed by atoms with Crippen molar-refractivity contribution in [1.29, 1.82) is 0 Å². The fourth-order valence-corrected chi connectivity index (χ4v) is 4.29. The largest absolute Gasteiger partial charge is 0.493 e. The fourth-order valence-electron chi connectivity index (χ4n) is 4.16. The maximum absolute atomic E-state index is 14.7. The minimum atomic E-state index is -0.342. The Hall–Kier alpha value is -2.79. The molecule has 2 heterocycles. The van der Waals surface area contributed by atoms with Gasteiger partial charge in [-0.1, -0.05) is 36.6 Å². The van der Waals surface area contributed by atoms with Crippen LogP contribution in [0, 0.1) is 5.82 Å². The van der Waals surface area contributed by atoms with Gasteiger partial charge >= 0.3 is 0 Å². The first-order valence-electron chi connectivity index (χ1n) is 9.46. The number of nitrogens with zero attached hydrogens (tertiary/aromatic N) is 3. The number of imidazole rings is 1. The molecule has 4 nitrogen and oxygen atoms in total. The van der Waals surface area contributed by atoms with E-state index in [4.69, 9.17) is 16.6 Å². The van der Waals surface area contributed by atoms with Crippen molar-refractivity contribution in [3.63, 3.8) is 0 Å². The van der Waals surface area contributed by atoms with Crippen molar-refractivity contribution in [2.45, 2.75) is 31.7 Å². The van der Waals surface area contributed by atoms with E-state index in [-0.39, 0.29) is 17.7 Å². The van der Waals surface area contributed by atoms with E-state index in [9.17, 15) is 9.50 Å². The normalized spacial score (nSPS) is 14.9. The number of hydrogen-bond donors (Lipinski definition) is 1. The second kappa shape index (κ2) is 6.67. The molecule has 1 N–H and O–H groups in total. The Kier molecular flexibility index (Phi) is 4.13. The average Bonchev–Trinajstić information content (AvgIpc) is 3.40. The van der Waals surface area contributed by atoms with Crippen molar-refractivity contribution < 1.29 is 9.50 Å². The number of fused-ring (bicyclic) bond motifs is 1. The summed E-state index contributed by atoms with van der Waals surface area (Å²) in [6, 6.07) is 14.1. The predicted molar refractivity (Wildman–Crippen MR) is 109 cm³/mol. The van der Waals surface area contributed by atoms with Crippen LogP contribution in [0.25, 0.3) is 28.1 Å². The number of para-hydroxylation sites is 1. The highest BCUT2D eigenvalue weighted by Gasteiger charge is 2.26. The van der Waals surface area contributed by atoms with E-state index in [1.54, 1.807) is 34.9 Å². The molecule has 1 saturated carbocycles. The molecule has 0 bridgehead atoms. The Balaban J connectivity index is 1.78. The van der Waals surface area contributed by atoms with Crippen LogP contribution in [0.2, 0.25) is 5.02 Å². The lowest BCUT2D eigenvalue weighted by Gasteiger charge is -2.13. The van der Waals surface area contributed by atoms with E-state index in [1.165, 1.54) is 6.07 Å². The van der Waals surface area contributed by atoms with Crippen LogP contribution < -0.4 is 0 Å². The van der Waals surface area contributed by atoms with Gasteiger partial charge in [0.1, 0.15) is 11.6 Å². The van der Waals surface area contributed by atoms with Gasteiger partial charge in [-0.25, -0.2) is 9.37 Å². The third kappa shape index (κ3) is 2.69. The summed E-state index contributed by atoms with van der Waals surface area (Å²) in [4.78, 5) is 4.70. The molecule has 28 heavy (non-hydrogen) atoms. The highest BCUT2D eigenvalue weighted by Crippen LogP contribution is 2.40. The van der Waals surface area contributed by atoms with Crippen molar-refractivity contribution >= 4 is 22.6 Å². The van der Waals surface area contributed by atoms with E-state index in [1.807, 2.05) is 22.9 Å². The maximum Gasteiger partial charge on any atom is 0.220 e. The zero-order valence-electron chi connectivity index (χ0n) is 15.1. The van der Waals surface area contributed by atoms with Crippen molar-refractivity contribution in [2.24, 2.45) is 0 Å². The molecule has 1 aliphatic carbocycles. The molecule has 1 fully saturated rings. The van der Waals surface area contributed by atoms with Crippen LogP contribution in [0.3, 0.4) is 0 Å². The van der Waals surface area contributed by atoms with E-state index >= 15 is 0 Å². The molecule has 0 saturated heterocycles. The van der Waals surface area contributed by atoms with Gasteiger partial charge in [-0.15, -0.1) is 0 Å². The minimum Gasteiger partial charge on any atom is -0.493 e. The van der Waals surface area contributed by atoms with Crippen LogP contribution in [0.5, 0.6) is 5.88 Å². The van der Waals surface area contributed by atoms with Gasteiger partial charge in [0.2, 0.25) is 5.88 Å². The van der Waals surface area contributed by atoms with E-state index in [0.717, 1.165) is 31.2 Å². The Morgan fingerprint density at radius 3 is 2.46 bits per heavy atom. The summed E-state index contributed by atoms with van der Waals surface area (Å²) < 4.78 is 18.4. The zero-order valence-corrected chi connectivity index (χ0v) is 15.9. The topological polar surface area (TPSA) is 43.0 Å². The van der Waals surface area contributed by atoms with Crippen molar-refractivity contribution in [1.82, 2.24) is 14.1 Å². The van der Waals surface area contributed by atoms with Crippen molar-refractivity contribution in [2.75, 3.05) is 0 Å². The van der Waals surface area contributed by atoms with Crippen LogP contribution in [0.4, 0.5) is 4.39 Å². The molecule has 0 amide bonds. The van der Waals surface area contributed by atoms with Gasteiger partial charge in [-0.3, -0.25) is 4.57 Å². The molecule has 142 valence electrons. The molecule has 5 rings (SSSR count). The first-order valence-corrected chi connectivity index (χ1v) is 9.84. The van der Waals surface area contributed by atoms with Crippen LogP contribution >= 0.6 is 11.6 Å². The van der Waals surface area contributed by atoms with Crippen LogP contribution in [-0.2, 0) is 0 Å². The lowest BCUT2D eigenvalue weighted by atomic mass is 10.2. The summed E-state index contributed by atoms with van der Waals surface area (Å²) in [5.74, 6) is 0.373. The Morgan fingerprint density at radius 1 is 1.04 bits per heavy atom. The molecule has 4 aromatic rings. The van der Waals surface area contributed by atoms with E-state index in [2.05, 4.69) is 0 Å². The summed E-state index contributed by atoms with van der Waals surface area (Å²) >= 11 is 6.03. The molecule has 0 aliphatic heterocycles. The number of aromatic hydroxyl groups is 1. The van der Waals surface area contributed by atoms with Gasteiger partial charge in [-0.2, -0.15) is 0 Å². The van der Waals surface area contributed by atoms with Gasteiger partial charge in [0, 0.05) is 22.8 Å². The number of rotatable bonds is 3. The predicted octanol–water partition coefficient (Wildman–Crippen LogP) is 6.11. The lowest BCUT2D eigenvalue weighted by molar-refractivity contribution is 0.386. The van der Waals surface area contributed by atoms with E-state index < -0.39 is 0 Å². The number of halogens is 2.